The largest absolute Gasteiger partial charge is 0.545 e. The van der Waals surface area contributed by atoms with Crippen molar-refractivity contribution in [2.45, 2.75) is 12.2 Å². The summed E-state index contributed by atoms with van der Waals surface area (Å²) in [7, 11) is 0. The van der Waals surface area contributed by atoms with Gasteiger partial charge in [0.2, 0.25) is 0 Å². The number of aliphatic carboxylic acids is 1. The normalized spacial score (nSPS) is 21.1. The SMILES string of the molecule is C[C@H]1CS/C(=C(\C(=O)[O-])C(=O)/C=C/c2ccccc2)S1. The number of hydrogen-bond donors (Lipinski definition) is 0. The van der Waals surface area contributed by atoms with Crippen LogP contribution < -0.4 is 5.11 Å². The van der Waals surface area contributed by atoms with Crippen LogP contribution in [0.5, 0.6) is 0 Å². The number of benzene rings is 1. The van der Waals surface area contributed by atoms with Crippen LogP contribution in [0, 0.1) is 0 Å². The highest BCUT2D eigenvalue weighted by molar-refractivity contribution is 8.25. The van der Waals surface area contributed by atoms with Crippen molar-refractivity contribution in [3.05, 3.63) is 51.8 Å². The number of carboxylic acid groups (broad SMARTS) is 1. The molecule has 1 heterocycles. The van der Waals surface area contributed by atoms with E-state index in [2.05, 4.69) is 0 Å². The smallest absolute Gasteiger partial charge is 0.189 e. The summed E-state index contributed by atoms with van der Waals surface area (Å²) >= 11 is 2.82. The van der Waals surface area contributed by atoms with E-state index in [4.69, 9.17) is 0 Å². The molecule has 1 aliphatic heterocycles. The molecule has 1 aliphatic rings. The Labute approximate surface area is 126 Å². The Bertz CT molecular complexity index is 576. The zero-order chi connectivity index (χ0) is 14.5. The first kappa shape index (κ1) is 14.9. The third kappa shape index (κ3) is 3.77. The van der Waals surface area contributed by atoms with Crippen molar-refractivity contribution < 1.29 is 14.7 Å². The molecule has 1 aromatic rings. The third-order valence-corrected chi connectivity index (χ3v) is 5.61. The predicted octanol–water partition coefficient (Wildman–Crippen LogP) is 2.10. The van der Waals surface area contributed by atoms with Crippen LogP contribution in [0.15, 0.2) is 46.2 Å². The van der Waals surface area contributed by atoms with Crippen LogP contribution in [0.4, 0.5) is 0 Å². The van der Waals surface area contributed by atoms with Crippen LogP contribution in [0.1, 0.15) is 12.5 Å². The molecule has 0 N–H and O–H groups in total. The summed E-state index contributed by atoms with van der Waals surface area (Å²) in [5.41, 5.74) is 0.625. The molecule has 0 amide bonds. The van der Waals surface area contributed by atoms with Crippen molar-refractivity contribution in [3.63, 3.8) is 0 Å². The van der Waals surface area contributed by atoms with Crippen molar-refractivity contribution in [3.8, 4) is 0 Å². The number of hydrogen-bond acceptors (Lipinski definition) is 5. The lowest BCUT2D eigenvalue weighted by atomic mass is 10.1. The lowest BCUT2D eigenvalue weighted by Crippen LogP contribution is -2.28. The van der Waals surface area contributed by atoms with E-state index in [1.54, 1.807) is 6.08 Å². The average molecular weight is 305 g/mol. The predicted molar refractivity (Wildman–Crippen MR) is 82.0 cm³/mol. The van der Waals surface area contributed by atoms with Gasteiger partial charge in [0.25, 0.3) is 0 Å². The van der Waals surface area contributed by atoms with Crippen LogP contribution in [-0.2, 0) is 9.59 Å². The molecule has 1 atom stereocenters. The summed E-state index contributed by atoms with van der Waals surface area (Å²) in [4.78, 5) is 23.3. The molecule has 0 unspecified atom stereocenters. The Kier molecular flexibility index (Phi) is 5.09. The number of carboxylic acids is 1. The molecular formula is C15H13O3S2-. The summed E-state index contributed by atoms with van der Waals surface area (Å²) in [6.45, 7) is 2.00. The first-order chi connectivity index (χ1) is 9.58. The van der Waals surface area contributed by atoms with E-state index in [0.29, 0.717) is 9.49 Å². The zero-order valence-electron chi connectivity index (χ0n) is 10.9. The summed E-state index contributed by atoms with van der Waals surface area (Å²) < 4.78 is 0.556. The van der Waals surface area contributed by atoms with Crippen molar-refractivity contribution >= 4 is 41.4 Å². The Morgan fingerprint density at radius 1 is 1.30 bits per heavy atom. The molecule has 104 valence electrons. The lowest BCUT2D eigenvalue weighted by molar-refractivity contribution is -0.298. The summed E-state index contributed by atoms with van der Waals surface area (Å²) in [6, 6.07) is 9.27. The van der Waals surface area contributed by atoms with Gasteiger partial charge in [-0.2, -0.15) is 0 Å². The van der Waals surface area contributed by atoms with Gasteiger partial charge in [-0.25, -0.2) is 0 Å². The fraction of sp³-hybridized carbons (Fsp3) is 0.200. The third-order valence-electron chi connectivity index (χ3n) is 2.64. The van der Waals surface area contributed by atoms with E-state index < -0.39 is 11.8 Å². The molecule has 0 bridgehead atoms. The number of carbonyl (C=O) groups is 2. The van der Waals surface area contributed by atoms with Gasteiger partial charge in [0.1, 0.15) is 0 Å². The molecule has 2 rings (SSSR count). The van der Waals surface area contributed by atoms with Gasteiger partial charge >= 0.3 is 0 Å². The second-order valence-electron chi connectivity index (χ2n) is 4.30. The molecule has 0 radical (unpaired) electrons. The minimum Gasteiger partial charge on any atom is -0.545 e. The molecule has 1 fully saturated rings. The van der Waals surface area contributed by atoms with E-state index in [1.165, 1.54) is 29.6 Å². The molecule has 1 aromatic carbocycles. The standard InChI is InChI=1S/C15H14O3S2/c1-10-9-19-15(20-10)13(14(17)18)12(16)8-7-11-5-3-2-4-6-11/h2-8,10H,9H2,1H3,(H,17,18)/p-1/b8-7+,15-13+/t10-/m0/s1. The number of carbonyl (C=O) groups excluding carboxylic acids is 2. The van der Waals surface area contributed by atoms with E-state index >= 15 is 0 Å². The molecule has 1 saturated heterocycles. The Morgan fingerprint density at radius 2 is 2.00 bits per heavy atom. The fourth-order valence-electron chi connectivity index (χ4n) is 1.68. The maximum Gasteiger partial charge on any atom is 0.189 e. The van der Waals surface area contributed by atoms with Crippen molar-refractivity contribution in [1.29, 1.82) is 0 Å². The average Bonchev–Trinajstić information content (AvgIpc) is 2.83. The fourth-order valence-corrected chi connectivity index (χ4v) is 4.51. The van der Waals surface area contributed by atoms with Crippen LogP contribution in [0.3, 0.4) is 0 Å². The number of rotatable bonds is 4. The maximum atomic E-state index is 12.1. The quantitative estimate of drug-likeness (QED) is 0.484. The Morgan fingerprint density at radius 3 is 2.55 bits per heavy atom. The highest BCUT2D eigenvalue weighted by atomic mass is 32.2. The minimum absolute atomic E-state index is 0.225. The van der Waals surface area contributed by atoms with Gasteiger partial charge in [-0.05, 0) is 11.6 Å². The Hall–Kier alpha value is -1.46. The molecule has 0 aromatic heterocycles. The summed E-state index contributed by atoms with van der Waals surface area (Å²) in [6.07, 6.45) is 2.90. The first-order valence-electron chi connectivity index (χ1n) is 6.10. The zero-order valence-corrected chi connectivity index (χ0v) is 12.5. The second kappa shape index (κ2) is 6.81. The summed E-state index contributed by atoms with van der Waals surface area (Å²) in [5.74, 6) is -1.11. The maximum absolute atomic E-state index is 12.1. The molecule has 3 nitrogen and oxygen atoms in total. The molecule has 0 spiro atoms. The molecule has 20 heavy (non-hydrogen) atoms. The monoisotopic (exact) mass is 305 g/mol. The van der Waals surface area contributed by atoms with Gasteiger partial charge in [0.05, 0.1) is 15.8 Å². The number of allylic oxidation sites excluding steroid dienone is 1. The van der Waals surface area contributed by atoms with Crippen LogP contribution in [-0.4, -0.2) is 22.8 Å². The van der Waals surface area contributed by atoms with E-state index in [-0.39, 0.29) is 5.57 Å². The molecule has 0 saturated carbocycles. The van der Waals surface area contributed by atoms with Gasteiger partial charge < -0.3 is 9.90 Å². The van der Waals surface area contributed by atoms with Crippen molar-refractivity contribution in [1.82, 2.24) is 0 Å². The summed E-state index contributed by atoms with van der Waals surface area (Å²) in [5, 5.41) is 11.5. The number of ketones is 1. The van der Waals surface area contributed by atoms with E-state index in [9.17, 15) is 14.7 Å². The van der Waals surface area contributed by atoms with Crippen LogP contribution in [0.25, 0.3) is 6.08 Å². The second-order valence-corrected chi connectivity index (χ2v) is 7.04. The minimum atomic E-state index is -1.41. The van der Waals surface area contributed by atoms with E-state index in [0.717, 1.165) is 11.3 Å². The van der Waals surface area contributed by atoms with Gasteiger partial charge in [-0.1, -0.05) is 43.3 Å². The highest BCUT2D eigenvalue weighted by Gasteiger charge is 2.23. The van der Waals surface area contributed by atoms with Gasteiger partial charge in [-0.3, -0.25) is 4.79 Å². The first-order valence-corrected chi connectivity index (χ1v) is 7.97. The van der Waals surface area contributed by atoms with Crippen molar-refractivity contribution in [2.24, 2.45) is 0 Å². The highest BCUT2D eigenvalue weighted by Crippen LogP contribution is 2.43. The van der Waals surface area contributed by atoms with Crippen molar-refractivity contribution in [2.75, 3.05) is 5.75 Å². The lowest BCUT2D eigenvalue weighted by Gasteiger charge is -2.08. The van der Waals surface area contributed by atoms with Crippen LogP contribution >= 0.6 is 23.5 Å². The topological polar surface area (TPSA) is 57.2 Å². The molecule has 0 aliphatic carbocycles. The Balaban J connectivity index is 2.21. The van der Waals surface area contributed by atoms with Crippen LogP contribution in [0.2, 0.25) is 0 Å². The van der Waals surface area contributed by atoms with Gasteiger partial charge in [0, 0.05) is 11.0 Å². The number of thioether (sulfide) groups is 2. The van der Waals surface area contributed by atoms with E-state index in [1.807, 2.05) is 37.3 Å². The van der Waals surface area contributed by atoms with Gasteiger partial charge in [-0.15, -0.1) is 23.5 Å². The molecular weight excluding hydrogens is 292 g/mol. The molecule has 5 heteroatoms. The van der Waals surface area contributed by atoms with Gasteiger partial charge in [0.15, 0.2) is 5.78 Å².